The molecule has 1 saturated carbocycles. The second kappa shape index (κ2) is 5.26. The second-order valence-corrected chi connectivity index (χ2v) is 7.58. The SMILES string of the molecule is CC(C)(C)Cc1csc(NC(=O)c2cc(C3CC3)on2)n1. The van der Waals surface area contributed by atoms with E-state index in [-0.39, 0.29) is 11.3 Å². The fraction of sp³-hybridized carbons (Fsp3) is 0.533. The Bertz CT molecular complexity index is 650. The van der Waals surface area contributed by atoms with Crippen molar-refractivity contribution in [3.63, 3.8) is 0 Å². The average molecular weight is 305 g/mol. The lowest BCUT2D eigenvalue weighted by Crippen LogP contribution is -2.13. The van der Waals surface area contributed by atoms with Crippen LogP contribution < -0.4 is 5.32 Å². The van der Waals surface area contributed by atoms with E-state index in [9.17, 15) is 4.79 Å². The number of hydrogen-bond donors (Lipinski definition) is 1. The number of carbonyl (C=O) groups excluding carboxylic acids is 1. The van der Waals surface area contributed by atoms with E-state index < -0.39 is 0 Å². The molecule has 0 aliphatic heterocycles. The second-order valence-electron chi connectivity index (χ2n) is 6.72. The van der Waals surface area contributed by atoms with Crippen molar-refractivity contribution in [2.24, 2.45) is 5.41 Å². The number of hydrogen-bond acceptors (Lipinski definition) is 5. The summed E-state index contributed by atoms with van der Waals surface area (Å²) < 4.78 is 5.19. The molecule has 2 heterocycles. The van der Waals surface area contributed by atoms with Crippen molar-refractivity contribution in [1.82, 2.24) is 10.1 Å². The molecule has 1 aliphatic carbocycles. The minimum Gasteiger partial charge on any atom is -0.360 e. The molecule has 0 saturated heterocycles. The van der Waals surface area contributed by atoms with Gasteiger partial charge < -0.3 is 4.52 Å². The smallest absolute Gasteiger partial charge is 0.279 e. The molecular formula is C15H19N3O2S. The van der Waals surface area contributed by atoms with E-state index in [1.54, 1.807) is 6.07 Å². The van der Waals surface area contributed by atoms with E-state index >= 15 is 0 Å². The van der Waals surface area contributed by atoms with Gasteiger partial charge in [0, 0.05) is 17.4 Å². The Balaban J connectivity index is 1.63. The maximum Gasteiger partial charge on any atom is 0.279 e. The van der Waals surface area contributed by atoms with Crippen LogP contribution in [0.5, 0.6) is 0 Å². The lowest BCUT2D eigenvalue weighted by molar-refractivity contribution is 0.101. The summed E-state index contributed by atoms with van der Waals surface area (Å²) in [5, 5.41) is 9.20. The minimum atomic E-state index is -0.262. The first-order valence-electron chi connectivity index (χ1n) is 7.13. The van der Waals surface area contributed by atoms with E-state index in [0.717, 1.165) is 30.7 Å². The number of carbonyl (C=O) groups is 1. The summed E-state index contributed by atoms with van der Waals surface area (Å²) in [6.45, 7) is 6.50. The van der Waals surface area contributed by atoms with Gasteiger partial charge in [-0.2, -0.15) is 0 Å². The molecule has 0 radical (unpaired) electrons. The van der Waals surface area contributed by atoms with Crippen LogP contribution in [0.4, 0.5) is 5.13 Å². The van der Waals surface area contributed by atoms with Gasteiger partial charge in [0.2, 0.25) is 0 Å². The number of rotatable bonds is 4. The molecule has 1 aliphatic rings. The molecular weight excluding hydrogens is 286 g/mol. The Morgan fingerprint density at radius 3 is 2.90 bits per heavy atom. The summed E-state index contributed by atoms with van der Waals surface area (Å²) in [6.07, 6.45) is 3.13. The van der Waals surface area contributed by atoms with Gasteiger partial charge in [-0.25, -0.2) is 4.98 Å². The van der Waals surface area contributed by atoms with Gasteiger partial charge in [0.25, 0.3) is 5.91 Å². The number of nitrogens with one attached hydrogen (secondary N) is 1. The summed E-state index contributed by atoms with van der Waals surface area (Å²) >= 11 is 1.44. The first-order valence-corrected chi connectivity index (χ1v) is 8.01. The fourth-order valence-electron chi connectivity index (χ4n) is 2.11. The quantitative estimate of drug-likeness (QED) is 0.931. The molecule has 0 unspecified atom stereocenters. The minimum absolute atomic E-state index is 0.181. The molecule has 1 fully saturated rings. The van der Waals surface area contributed by atoms with Crippen molar-refractivity contribution < 1.29 is 9.32 Å². The van der Waals surface area contributed by atoms with Crippen LogP contribution in [0.2, 0.25) is 0 Å². The normalized spacial score (nSPS) is 15.2. The number of thiazole rings is 1. The molecule has 3 rings (SSSR count). The highest BCUT2D eigenvalue weighted by atomic mass is 32.1. The van der Waals surface area contributed by atoms with Gasteiger partial charge in [0.15, 0.2) is 10.8 Å². The molecule has 112 valence electrons. The summed E-state index contributed by atoms with van der Waals surface area (Å²) in [7, 11) is 0. The van der Waals surface area contributed by atoms with Crippen LogP contribution >= 0.6 is 11.3 Å². The highest BCUT2D eigenvalue weighted by Gasteiger charge is 2.29. The van der Waals surface area contributed by atoms with E-state index in [4.69, 9.17) is 4.52 Å². The fourth-order valence-corrected chi connectivity index (χ4v) is 2.81. The standard InChI is InChI=1S/C15H19N3O2S/c1-15(2,3)7-10-8-21-14(16-10)17-13(19)11-6-12(20-18-11)9-4-5-9/h6,8-9H,4-5,7H2,1-3H3,(H,16,17,19). The Morgan fingerprint density at radius 1 is 1.48 bits per heavy atom. The van der Waals surface area contributed by atoms with Gasteiger partial charge in [-0.05, 0) is 24.7 Å². The van der Waals surface area contributed by atoms with Crippen molar-refractivity contribution in [2.75, 3.05) is 5.32 Å². The lowest BCUT2D eigenvalue weighted by atomic mass is 9.91. The summed E-state index contributed by atoms with van der Waals surface area (Å²) in [6, 6.07) is 1.73. The number of nitrogens with zero attached hydrogens (tertiary/aromatic N) is 2. The number of amides is 1. The van der Waals surface area contributed by atoms with E-state index in [1.807, 2.05) is 5.38 Å². The molecule has 0 aromatic carbocycles. The zero-order chi connectivity index (χ0) is 15.0. The molecule has 6 heteroatoms. The largest absolute Gasteiger partial charge is 0.360 e. The summed E-state index contributed by atoms with van der Waals surface area (Å²) in [5.41, 5.74) is 1.51. The van der Waals surface area contributed by atoms with Gasteiger partial charge in [-0.1, -0.05) is 25.9 Å². The topological polar surface area (TPSA) is 68.0 Å². The maximum absolute atomic E-state index is 12.1. The molecule has 1 N–H and O–H groups in total. The van der Waals surface area contributed by atoms with Crippen LogP contribution in [0.25, 0.3) is 0 Å². The highest BCUT2D eigenvalue weighted by Crippen LogP contribution is 2.40. The molecule has 2 aromatic heterocycles. The monoisotopic (exact) mass is 305 g/mol. The van der Waals surface area contributed by atoms with Gasteiger partial charge >= 0.3 is 0 Å². The van der Waals surface area contributed by atoms with E-state index in [0.29, 0.717) is 16.7 Å². The predicted molar refractivity (Wildman–Crippen MR) is 81.7 cm³/mol. The average Bonchev–Trinajstić information content (AvgIpc) is 2.95. The first kappa shape index (κ1) is 14.3. The predicted octanol–water partition coefficient (Wildman–Crippen LogP) is 3.85. The van der Waals surface area contributed by atoms with E-state index in [2.05, 4.69) is 36.2 Å². The number of anilines is 1. The Labute approximate surface area is 127 Å². The maximum atomic E-state index is 12.1. The van der Waals surface area contributed by atoms with Gasteiger partial charge in [-0.3, -0.25) is 10.1 Å². The zero-order valence-electron chi connectivity index (χ0n) is 12.5. The molecule has 0 bridgehead atoms. The summed E-state index contributed by atoms with van der Waals surface area (Å²) in [5.74, 6) is 1.01. The van der Waals surface area contributed by atoms with Gasteiger partial charge in [0.1, 0.15) is 5.76 Å². The molecule has 5 nitrogen and oxygen atoms in total. The lowest BCUT2D eigenvalue weighted by Gasteiger charge is -2.15. The van der Waals surface area contributed by atoms with Crippen LogP contribution in [0, 0.1) is 5.41 Å². The molecule has 0 spiro atoms. The molecule has 0 atom stereocenters. The van der Waals surface area contributed by atoms with Crippen molar-refractivity contribution in [1.29, 1.82) is 0 Å². The molecule has 21 heavy (non-hydrogen) atoms. The van der Waals surface area contributed by atoms with Crippen molar-refractivity contribution >= 4 is 22.4 Å². The van der Waals surface area contributed by atoms with Gasteiger partial charge in [0.05, 0.1) is 5.69 Å². The van der Waals surface area contributed by atoms with Crippen molar-refractivity contribution in [3.05, 3.63) is 28.6 Å². The van der Waals surface area contributed by atoms with Crippen LogP contribution in [-0.2, 0) is 6.42 Å². The third-order valence-corrected chi connectivity index (χ3v) is 4.03. The third kappa shape index (κ3) is 3.69. The Hall–Kier alpha value is -1.69. The Kier molecular flexibility index (Phi) is 3.57. The zero-order valence-corrected chi connectivity index (χ0v) is 13.3. The van der Waals surface area contributed by atoms with Crippen LogP contribution in [0.15, 0.2) is 16.0 Å². The summed E-state index contributed by atoms with van der Waals surface area (Å²) in [4.78, 5) is 16.5. The number of aromatic nitrogens is 2. The van der Waals surface area contributed by atoms with Crippen LogP contribution in [-0.4, -0.2) is 16.0 Å². The Morgan fingerprint density at radius 2 is 2.24 bits per heavy atom. The van der Waals surface area contributed by atoms with Crippen LogP contribution in [0.1, 0.15) is 61.5 Å². The molecule has 1 amide bonds. The van der Waals surface area contributed by atoms with E-state index in [1.165, 1.54) is 11.3 Å². The highest BCUT2D eigenvalue weighted by molar-refractivity contribution is 7.13. The molecule has 2 aromatic rings. The van der Waals surface area contributed by atoms with Crippen molar-refractivity contribution in [3.8, 4) is 0 Å². The first-order chi connectivity index (χ1) is 9.90. The van der Waals surface area contributed by atoms with Gasteiger partial charge in [-0.15, -0.1) is 11.3 Å². The van der Waals surface area contributed by atoms with Crippen molar-refractivity contribution in [2.45, 2.75) is 46.0 Å². The third-order valence-electron chi connectivity index (χ3n) is 3.22. The van der Waals surface area contributed by atoms with Crippen LogP contribution in [0.3, 0.4) is 0 Å².